The summed E-state index contributed by atoms with van der Waals surface area (Å²) in [6.07, 6.45) is 2.58. The minimum absolute atomic E-state index is 0.438. The highest BCUT2D eigenvalue weighted by atomic mass is 35.5. The summed E-state index contributed by atoms with van der Waals surface area (Å²) in [5, 5.41) is 2.99. The Kier molecular flexibility index (Phi) is 6.59. The van der Waals surface area contributed by atoms with Gasteiger partial charge in [-0.3, -0.25) is 9.80 Å². The summed E-state index contributed by atoms with van der Waals surface area (Å²) in [6.45, 7) is 4.96. The van der Waals surface area contributed by atoms with Crippen molar-refractivity contribution in [1.29, 1.82) is 0 Å². The van der Waals surface area contributed by atoms with Crippen molar-refractivity contribution in [2.24, 2.45) is 0 Å². The van der Waals surface area contributed by atoms with Crippen molar-refractivity contribution >= 4 is 49.7 Å². The molecule has 1 aliphatic heterocycles. The van der Waals surface area contributed by atoms with Gasteiger partial charge in [0.05, 0.1) is 5.52 Å². The number of aromatic nitrogens is 2. The van der Waals surface area contributed by atoms with Crippen molar-refractivity contribution in [3.63, 3.8) is 0 Å². The topological polar surface area (TPSA) is 58.3 Å². The van der Waals surface area contributed by atoms with Gasteiger partial charge in [-0.2, -0.15) is 0 Å². The first-order valence-electron chi connectivity index (χ1n) is 12.3. The number of hydrogen-bond donors (Lipinski definition) is 1. The molecule has 1 saturated heterocycles. The number of benzene rings is 3. The van der Waals surface area contributed by atoms with E-state index in [0.717, 1.165) is 55.1 Å². The summed E-state index contributed by atoms with van der Waals surface area (Å²) in [7, 11) is 0. The molecule has 0 radical (unpaired) electrons. The predicted molar refractivity (Wildman–Crippen MR) is 150 cm³/mol. The minimum atomic E-state index is 0.438. The molecule has 3 heterocycles. The van der Waals surface area contributed by atoms with E-state index in [1.807, 2.05) is 23.5 Å². The normalized spacial score (nSPS) is 17.2. The van der Waals surface area contributed by atoms with Gasteiger partial charge in [0.25, 0.3) is 0 Å². The fraction of sp³-hybridized carbons (Fsp3) is 0.241. The van der Waals surface area contributed by atoms with Crippen LogP contribution in [0.25, 0.3) is 21.0 Å². The van der Waals surface area contributed by atoms with Gasteiger partial charge < -0.3 is 5.73 Å². The molecule has 3 aromatic carbocycles. The van der Waals surface area contributed by atoms with Gasteiger partial charge in [0, 0.05) is 58.8 Å². The Labute approximate surface area is 220 Å². The predicted octanol–water partition coefficient (Wildman–Crippen LogP) is 6.01. The number of fused-ring (bicyclic) bond motifs is 2. The smallest absolute Gasteiger partial charge is 0.134 e. The highest BCUT2D eigenvalue weighted by molar-refractivity contribution is 7.19. The Bertz CT molecular complexity index is 1500. The van der Waals surface area contributed by atoms with E-state index in [0.29, 0.717) is 11.9 Å². The van der Waals surface area contributed by atoms with Crippen LogP contribution in [0.2, 0.25) is 5.02 Å². The molecule has 0 bridgehead atoms. The van der Waals surface area contributed by atoms with E-state index in [9.17, 15) is 0 Å². The van der Waals surface area contributed by atoms with E-state index < -0.39 is 0 Å². The molecular formula is C29H28ClN5S. The van der Waals surface area contributed by atoms with Crippen LogP contribution >= 0.6 is 22.9 Å². The molecule has 0 amide bonds. The molecule has 0 unspecified atom stereocenters. The highest BCUT2D eigenvalue weighted by Crippen LogP contribution is 2.30. The second-order valence-electron chi connectivity index (χ2n) is 9.55. The zero-order chi connectivity index (χ0) is 24.5. The van der Waals surface area contributed by atoms with Crippen molar-refractivity contribution in [2.75, 3.05) is 25.4 Å². The Morgan fingerprint density at radius 3 is 2.69 bits per heavy atom. The van der Waals surface area contributed by atoms with Crippen LogP contribution in [0.5, 0.6) is 0 Å². The summed E-state index contributed by atoms with van der Waals surface area (Å²) in [5.74, 6) is 0.534. The lowest BCUT2D eigenvalue weighted by molar-refractivity contribution is 0.0649. The molecule has 1 aliphatic rings. The van der Waals surface area contributed by atoms with Crippen LogP contribution in [0.1, 0.15) is 16.0 Å². The lowest BCUT2D eigenvalue weighted by Gasteiger charge is -2.41. The summed E-state index contributed by atoms with van der Waals surface area (Å²) in [4.78, 5) is 15.2. The number of nitrogen functional groups attached to an aromatic ring is 1. The van der Waals surface area contributed by atoms with E-state index in [1.54, 1.807) is 0 Å². The van der Waals surface area contributed by atoms with E-state index >= 15 is 0 Å². The molecule has 1 fully saturated rings. The Hall–Kier alpha value is -3.03. The van der Waals surface area contributed by atoms with Crippen LogP contribution in [0.4, 0.5) is 5.82 Å². The second-order valence-corrected chi connectivity index (χ2v) is 11.2. The molecule has 2 aromatic heterocycles. The Morgan fingerprint density at radius 2 is 1.81 bits per heavy atom. The molecule has 0 saturated carbocycles. The number of rotatable bonds is 6. The summed E-state index contributed by atoms with van der Waals surface area (Å²) < 4.78 is 1.26. The summed E-state index contributed by atoms with van der Waals surface area (Å²) in [5.41, 5.74) is 9.57. The highest BCUT2D eigenvalue weighted by Gasteiger charge is 2.28. The molecule has 7 heteroatoms. The molecule has 182 valence electrons. The van der Waals surface area contributed by atoms with Gasteiger partial charge >= 0.3 is 0 Å². The van der Waals surface area contributed by atoms with Crippen LogP contribution in [-0.2, 0) is 19.5 Å². The van der Waals surface area contributed by atoms with Gasteiger partial charge in [0.1, 0.15) is 12.1 Å². The van der Waals surface area contributed by atoms with E-state index in [4.69, 9.17) is 17.3 Å². The van der Waals surface area contributed by atoms with E-state index in [1.165, 1.54) is 32.4 Å². The maximum absolute atomic E-state index is 6.23. The number of nitrogens with two attached hydrogens (primary N) is 1. The number of piperazine rings is 1. The molecule has 0 spiro atoms. The third-order valence-corrected chi connectivity index (χ3v) is 8.35. The van der Waals surface area contributed by atoms with E-state index in [2.05, 4.69) is 80.4 Å². The van der Waals surface area contributed by atoms with Crippen molar-refractivity contribution in [3.8, 4) is 0 Å². The van der Waals surface area contributed by atoms with Gasteiger partial charge in [0.15, 0.2) is 0 Å². The third kappa shape index (κ3) is 5.08. The van der Waals surface area contributed by atoms with Crippen molar-refractivity contribution in [3.05, 3.63) is 100 Å². The number of nitrogens with zero attached hydrogens (tertiary/aromatic N) is 4. The molecule has 1 atom stereocenters. The standard InChI is InChI=1S/C29H28ClN5S/c30-23-8-7-22-14-25(36-28(22)15-23)18-35-11-10-34(17-24(35)12-20-4-2-1-3-5-20)16-21-6-9-26-27(13-21)32-19-33-29(26)31/h1-9,13-15,19,24H,10-12,16-18H2,(H2,31,32,33)/t24-/m0/s1. The number of anilines is 1. The molecule has 5 aromatic rings. The number of halogens is 1. The zero-order valence-electron chi connectivity index (χ0n) is 20.0. The lowest BCUT2D eigenvalue weighted by atomic mass is 10.0. The quantitative estimate of drug-likeness (QED) is 0.301. The average molecular weight is 514 g/mol. The van der Waals surface area contributed by atoms with Gasteiger partial charge in [-0.15, -0.1) is 11.3 Å². The van der Waals surface area contributed by atoms with Crippen molar-refractivity contribution < 1.29 is 0 Å². The summed E-state index contributed by atoms with van der Waals surface area (Å²) in [6, 6.07) is 26.1. The second kappa shape index (κ2) is 10.1. The molecule has 0 aliphatic carbocycles. The molecule has 6 rings (SSSR count). The molecule has 2 N–H and O–H groups in total. The molecular weight excluding hydrogens is 486 g/mol. The van der Waals surface area contributed by atoms with Crippen LogP contribution in [-0.4, -0.2) is 45.4 Å². The van der Waals surface area contributed by atoms with Gasteiger partial charge in [-0.25, -0.2) is 9.97 Å². The van der Waals surface area contributed by atoms with Crippen LogP contribution in [0.15, 0.2) is 79.1 Å². The summed E-state index contributed by atoms with van der Waals surface area (Å²) >= 11 is 8.09. The molecule has 5 nitrogen and oxygen atoms in total. The zero-order valence-corrected chi connectivity index (χ0v) is 21.6. The lowest BCUT2D eigenvalue weighted by Crippen LogP contribution is -2.53. The van der Waals surface area contributed by atoms with Crippen molar-refractivity contribution in [2.45, 2.75) is 25.6 Å². The SMILES string of the molecule is Nc1ncnc2cc(CN3CCN(Cc4cc5ccc(Cl)cc5s4)[C@@H](Cc4ccccc4)C3)ccc12. The van der Waals surface area contributed by atoms with E-state index in [-0.39, 0.29) is 0 Å². The van der Waals surface area contributed by atoms with Gasteiger partial charge in [-0.1, -0.05) is 54.1 Å². The molecule has 36 heavy (non-hydrogen) atoms. The maximum atomic E-state index is 6.23. The average Bonchev–Trinajstić information content (AvgIpc) is 3.28. The fourth-order valence-corrected chi connectivity index (χ4v) is 6.57. The fourth-order valence-electron chi connectivity index (χ4n) is 5.21. The maximum Gasteiger partial charge on any atom is 0.134 e. The van der Waals surface area contributed by atoms with Crippen LogP contribution < -0.4 is 5.73 Å². The van der Waals surface area contributed by atoms with Crippen LogP contribution in [0, 0.1) is 0 Å². The third-order valence-electron chi connectivity index (χ3n) is 7.03. The van der Waals surface area contributed by atoms with Crippen LogP contribution in [0.3, 0.4) is 0 Å². The first-order chi connectivity index (χ1) is 17.6. The Morgan fingerprint density at radius 1 is 0.917 bits per heavy atom. The number of hydrogen-bond acceptors (Lipinski definition) is 6. The van der Waals surface area contributed by atoms with Crippen molar-refractivity contribution in [1.82, 2.24) is 19.8 Å². The largest absolute Gasteiger partial charge is 0.383 e. The number of thiophene rings is 1. The van der Waals surface area contributed by atoms with Gasteiger partial charge in [-0.05, 0) is 53.3 Å². The van der Waals surface area contributed by atoms with Gasteiger partial charge in [0.2, 0.25) is 0 Å². The first-order valence-corrected chi connectivity index (χ1v) is 13.5. The Balaban J connectivity index is 1.21. The minimum Gasteiger partial charge on any atom is -0.383 e. The monoisotopic (exact) mass is 513 g/mol. The first kappa shape index (κ1) is 23.4.